The molecule has 3 aliphatic carbocycles. The monoisotopic (exact) mass is 628 g/mol. The number of carbonyl (C=O) groups is 4. The molecular formula is C37H49BN2O6. The summed E-state index contributed by atoms with van der Waals surface area (Å²) in [4.78, 5) is 53.4. The van der Waals surface area contributed by atoms with E-state index in [1.807, 2.05) is 50.2 Å². The summed E-state index contributed by atoms with van der Waals surface area (Å²) in [5.74, 6) is -1.20. The van der Waals surface area contributed by atoms with Crippen molar-refractivity contribution in [2.45, 2.75) is 91.4 Å². The van der Waals surface area contributed by atoms with Crippen molar-refractivity contribution in [1.82, 2.24) is 10.6 Å². The molecule has 2 N–H and O–H groups in total. The topological polar surface area (TPSA) is 111 Å². The van der Waals surface area contributed by atoms with E-state index in [1.165, 1.54) is 0 Å². The molecule has 1 heterocycles. The lowest BCUT2D eigenvalue weighted by atomic mass is 9.43. The van der Waals surface area contributed by atoms with Crippen LogP contribution in [0.1, 0.15) is 83.1 Å². The van der Waals surface area contributed by atoms with Crippen LogP contribution in [0.15, 0.2) is 60.7 Å². The fourth-order valence-electron chi connectivity index (χ4n) is 7.88. The normalized spacial score (nSPS) is 26.3. The van der Waals surface area contributed by atoms with Crippen molar-refractivity contribution in [1.29, 1.82) is 0 Å². The molecule has 246 valence electrons. The van der Waals surface area contributed by atoms with Crippen LogP contribution in [0.3, 0.4) is 0 Å². The molecule has 2 bridgehead atoms. The van der Waals surface area contributed by atoms with Crippen molar-refractivity contribution in [3.8, 4) is 0 Å². The molecule has 8 nitrogen and oxygen atoms in total. The first-order chi connectivity index (χ1) is 21.8. The van der Waals surface area contributed by atoms with Gasteiger partial charge in [-0.2, -0.15) is 0 Å². The van der Waals surface area contributed by atoms with Gasteiger partial charge in [-0.25, -0.2) is 0 Å². The molecule has 0 spiro atoms. The Bertz CT molecular complexity index is 1420. The minimum atomic E-state index is -0.836. The van der Waals surface area contributed by atoms with Gasteiger partial charge in [0.25, 0.3) is 0 Å². The average Bonchev–Trinajstić information content (AvgIpc) is 3.38. The molecule has 46 heavy (non-hydrogen) atoms. The second-order valence-electron chi connectivity index (χ2n) is 14.8. The molecule has 0 radical (unpaired) electrons. The largest absolute Gasteiger partial charge is 0.478 e. The molecule has 3 saturated carbocycles. The summed E-state index contributed by atoms with van der Waals surface area (Å²) >= 11 is 0. The number of benzene rings is 2. The fourth-order valence-corrected chi connectivity index (χ4v) is 7.88. The Morgan fingerprint density at radius 3 is 2.17 bits per heavy atom. The SMILES string of the molecule is CC(C)[C@H](CC(=O)c1ccccc1)C(=O)N[C@@H](Cc1ccccc1)C(=O)C[C@@H](C)C(=O)NCB1O[C@@H]2CC3C[C@@H](C3(C)C)[C@]2(C)O1. The molecule has 9 heteroatoms. The zero-order valence-corrected chi connectivity index (χ0v) is 28.1. The second kappa shape index (κ2) is 13.8. The van der Waals surface area contributed by atoms with E-state index in [-0.39, 0.29) is 65.7 Å². The van der Waals surface area contributed by atoms with Gasteiger partial charge in [0, 0.05) is 30.2 Å². The fraction of sp³-hybridized carbons (Fsp3) is 0.568. The van der Waals surface area contributed by atoms with E-state index in [0.29, 0.717) is 23.8 Å². The highest BCUT2D eigenvalue weighted by atomic mass is 16.7. The third-order valence-corrected chi connectivity index (χ3v) is 11.0. The van der Waals surface area contributed by atoms with Crippen LogP contribution in [0, 0.1) is 35.0 Å². The van der Waals surface area contributed by atoms with Crippen LogP contribution in [-0.2, 0) is 30.1 Å². The molecule has 1 aliphatic heterocycles. The van der Waals surface area contributed by atoms with E-state index >= 15 is 0 Å². The Kier molecular flexibility index (Phi) is 10.2. The minimum absolute atomic E-state index is 0.0326. The Hall–Kier alpha value is -3.30. The third kappa shape index (κ3) is 7.15. The van der Waals surface area contributed by atoms with Crippen molar-refractivity contribution in [3.05, 3.63) is 71.8 Å². The van der Waals surface area contributed by atoms with Crippen molar-refractivity contribution >= 4 is 30.5 Å². The summed E-state index contributed by atoms with van der Waals surface area (Å²) in [5, 5.41) is 5.90. The summed E-state index contributed by atoms with van der Waals surface area (Å²) in [6.45, 7) is 12.3. The van der Waals surface area contributed by atoms with Gasteiger partial charge < -0.3 is 19.9 Å². The summed E-state index contributed by atoms with van der Waals surface area (Å²) in [6.07, 6.45) is 2.68. The Balaban J connectivity index is 1.19. The van der Waals surface area contributed by atoms with E-state index in [2.05, 4.69) is 31.4 Å². The van der Waals surface area contributed by atoms with Crippen LogP contribution >= 0.6 is 0 Å². The number of rotatable bonds is 14. The zero-order valence-electron chi connectivity index (χ0n) is 28.1. The lowest BCUT2D eigenvalue weighted by Crippen LogP contribution is -2.65. The van der Waals surface area contributed by atoms with E-state index in [0.717, 1.165) is 18.4 Å². The standard InChI is InChI=1S/C37H49BN2O6/c1-23(2)28(21-30(41)26-15-11-8-12-16-26)35(44)40-29(18-25-13-9-7-10-14-25)31(42)17-24(3)34(43)39-22-38-45-33-20-27-19-32(36(27,4)5)37(33,6)46-38/h7-16,23-24,27-29,32-33H,17-22H2,1-6H3,(H,39,43)(H,40,44)/t24-,27?,28+,29+,32+,33-,37+/m1/s1. The first kappa shape index (κ1) is 34.1. The maximum atomic E-state index is 13.7. The number of Topliss-reactive ketones (excluding diaryl/α,β-unsaturated/α-hetero) is 2. The van der Waals surface area contributed by atoms with Crippen molar-refractivity contribution < 1.29 is 28.5 Å². The lowest BCUT2D eigenvalue weighted by Gasteiger charge is -2.64. The summed E-state index contributed by atoms with van der Waals surface area (Å²) in [7, 11) is -0.520. The predicted molar refractivity (Wildman–Crippen MR) is 178 cm³/mol. The highest BCUT2D eigenvalue weighted by Crippen LogP contribution is 2.65. The van der Waals surface area contributed by atoms with Crippen LogP contribution < -0.4 is 10.6 Å². The Morgan fingerprint density at radius 1 is 0.891 bits per heavy atom. The summed E-state index contributed by atoms with van der Waals surface area (Å²) in [6, 6.07) is 17.6. The number of carbonyl (C=O) groups excluding carboxylic acids is 4. The van der Waals surface area contributed by atoms with Crippen LogP contribution in [0.5, 0.6) is 0 Å². The molecule has 1 saturated heterocycles. The van der Waals surface area contributed by atoms with Crippen molar-refractivity contribution in [2.24, 2.45) is 35.0 Å². The van der Waals surface area contributed by atoms with Crippen LogP contribution in [0.4, 0.5) is 0 Å². The van der Waals surface area contributed by atoms with Gasteiger partial charge in [0.1, 0.15) is 0 Å². The zero-order chi connectivity index (χ0) is 33.2. The molecule has 2 aromatic carbocycles. The first-order valence-corrected chi connectivity index (χ1v) is 16.9. The average molecular weight is 629 g/mol. The molecule has 1 unspecified atom stereocenters. The Labute approximate surface area is 273 Å². The van der Waals surface area contributed by atoms with Gasteiger partial charge in [0.2, 0.25) is 11.8 Å². The minimum Gasteiger partial charge on any atom is -0.404 e. The summed E-state index contributed by atoms with van der Waals surface area (Å²) < 4.78 is 12.7. The first-order valence-electron chi connectivity index (χ1n) is 16.9. The highest BCUT2D eigenvalue weighted by Gasteiger charge is 2.67. The maximum Gasteiger partial charge on any atom is 0.478 e. The molecule has 4 aliphatic rings. The molecule has 0 aromatic heterocycles. The smallest absolute Gasteiger partial charge is 0.404 e. The van der Waals surface area contributed by atoms with E-state index in [4.69, 9.17) is 9.31 Å². The Morgan fingerprint density at radius 2 is 1.54 bits per heavy atom. The molecule has 7 atom stereocenters. The van der Waals surface area contributed by atoms with Gasteiger partial charge in [0.05, 0.1) is 24.2 Å². The van der Waals surface area contributed by atoms with Crippen LogP contribution in [0.2, 0.25) is 0 Å². The summed E-state index contributed by atoms with van der Waals surface area (Å²) in [5.41, 5.74) is 1.34. The number of hydrogen-bond donors (Lipinski definition) is 2. The third-order valence-electron chi connectivity index (χ3n) is 11.0. The van der Waals surface area contributed by atoms with Crippen molar-refractivity contribution in [2.75, 3.05) is 6.44 Å². The lowest BCUT2D eigenvalue weighted by molar-refractivity contribution is -0.199. The molecule has 2 aromatic rings. The molecule has 4 fully saturated rings. The molecule has 2 amide bonds. The van der Waals surface area contributed by atoms with Crippen LogP contribution in [0.25, 0.3) is 0 Å². The number of amides is 2. The van der Waals surface area contributed by atoms with Crippen molar-refractivity contribution in [3.63, 3.8) is 0 Å². The van der Waals surface area contributed by atoms with Gasteiger partial charge in [0.15, 0.2) is 11.6 Å². The van der Waals surface area contributed by atoms with Gasteiger partial charge in [-0.1, -0.05) is 95.3 Å². The molecule has 6 rings (SSSR count). The van der Waals surface area contributed by atoms with E-state index < -0.39 is 25.0 Å². The van der Waals surface area contributed by atoms with E-state index in [9.17, 15) is 19.2 Å². The van der Waals surface area contributed by atoms with Gasteiger partial charge in [-0.3, -0.25) is 19.2 Å². The predicted octanol–water partition coefficient (Wildman–Crippen LogP) is 5.24. The van der Waals surface area contributed by atoms with Gasteiger partial charge in [-0.15, -0.1) is 0 Å². The van der Waals surface area contributed by atoms with Gasteiger partial charge >= 0.3 is 7.12 Å². The number of hydrogen-bond acceptors (Lipinski definition) is 6. The number of nitrogens with one attached hydrogen (secondary N) is 2. The molecular weight excluding hydrogens is 579 g/mol. The van der Waals surface area contributed by atoms with Gasteiger partial charge in [-0.05, 0) is 54.9 Å². The van der Waals surface area contributed by atoms with E-state index in [1.54, 1.807) is 31.2 Å². The maximum absolute atomic E-state index is 13.7. The highest BCUT2D eigenvalue weighted by molar-refractivity contribution is 6.46. The van der Waals surface area contributed by atoms with Crippen LogP contribution in [-0.4, -0.2) is 54.7 Å². The quantitative estimate of drug-likeness (QED) is 0.219. The number of ketones is 2. The second-order valence-corrected chi connectivity index (χ2v) is 14.8.